The molecule has 4 rings (SSSR count). The highest BCUT2D eigenvalue weighted by molar-refractivity contribution is 7.89. The smallest absolute Gasteiger partial charge is 0.243 e. The summed E-state index contributed by atoms with van der Waals surface area (Å²) in [5.74, 6) is 2.38. The Morgan fingerprint density at radius 2 is 1.68 bits per heavy atom. The van der Waals surface area contributed by atoms with E-state index in [1.165, 1.54) is 4.31 Å². The van der Waals surface area contributed by atoms with Crippen LogP contribution >= 0.6 is 0 Å². The molecule has 0 saturated heterocycles. The van der Waals surface area contributed by atoms with Crippen molar-refractivity contribution >= 4 is 15.9 Å². The van der Waals surface area contributed by atoms with Gasteiger partial charge in [-0.2, -0.15) is 4.31 Å². The Morgan fingerprint density at radius 1 is 0.973 bits per heavy atom. The zero-order valence-electron chi connectivity index (χ0n) is 21.8. The molecule has 0 spiro atoms. The van der Waals surface area contributed by atoms with Crippen LogP contribution in [0.5, 0.6) is 11.5 Å². The molecule has 2 aromatic carbocycles. The van der Waals surface area contributed by atoms with Crippen LogP contribution in [0.15, 0.2) is 63.9 Å². The molecule has 9 heteroatoms. The number of carbonyl (C=O) groups is 1. The number of methoxy groups -OCH3 is 2. The van der Waals surface area contributed by atoms with Crippen LogP contribution < -0.4 is 9.47 Å². The summed E-state index contributed by atoms with van der Waals surface area (Å²) in [4.78, 5) is 15.5. The van der Waals surface area contributed by atoms with Gasteiger partial charge in [-0.1, -0.05) is 23.8 Å². The van der Waals surface area contributed by atoms with Crippen LogP contribution in [0.2, 0.25) is 0 Å². The number of rotatable bonds is 12. The maximum atomic E-state index is 13.6. The van der Waals surface area contributed by atoms with Gasteiger partial charge in [-0.3, -0.25) is 4.79 Å². The summed E-state index contributed by atoms with van der Waals surface area (Å²) < 4.78 is 44.8. The maximum absolute atomic E-state index is 13.6. The Bertz CT molecular complexity index is 1330. The van der Waals surface area contributed by atoms with Crippen molar-refractivity contribution in [2.75, 3.05) is 27.3 Å². The molecule has 0 N–H and O–H groups in total. The highest BCUT2D eigenvalue weighted by Crippen LogP contribution is 2.32. The van der Waals surface area contributed by atoms with E-state index in [1.54, 1.807) is 43.4 Å². The number of carbonyl (C=O) groups excluding carboxylic acids is 1. The average Bonchev–Trinajstić information content (AvgIpc) is 3.65. The summed E-state index contributed by atoms with van der Waals surface area (Å²) in [7, 11) is -0.640. The molecule has 0 radical (unpaired) electrons. The van der Waals surface area contributed by atoms with Gasteiger partial charge >= 0.3 is 0 Å². The molecule has 1 amide bonds. The predicted molar refractivity (Wildman–Crippen MR) is 140 cm³/mol. The maximum Gasteiger partial charge on any atom is 0.243 e. The number of aryl methyl sites for hydroxylation is 2. The summed E-state index contributed by atoms with van der Waals surface area (Å²) in [6.45, 7) is 4.18. The Labute approximate surface area is 218 Å². The van der Waals surface area contributed by atoms with Crippen LogP contribution in [0.3, 0.4) is 0 Å². The second kappa shape index (κ2) is 11.4. The highest BCUT2D eigenvalue weighted by Gasteiger charge is 2.40. The molecule has 3 aromatic rings. The minimum Gasteiger partial charge on any atom is -0.493 e. The summed E-state index contributed by atoms with van der Waals surface area (Å²) in [5, 5.41) is 0. The molecule has 1 aromatic heterocycles. The van der Waals surface area contributed by atoms with Crippen LogP contribution in [-0.4, -0.2) is 56.9 Å². The van der Waals surface area contributed by atoms with Crippen molar-refractivity contribution in [1.29, 1.82) is 0 Å². The number of hydrogen-bond acceptors (Lipinski definition) is 6. The molecule has 1 saturated carbocycles. The monoisotopic (exact) mass is 526 g/mol. The fraction of sp³-hybridized carbons (Fsp3) is 0.393. The minimum absolute atomic E-state index is 0.159. The van der Waals surface area contributed by atoms with Crippen LogP contribution in [0, 0.1) is 13.8 Å². The highest BCUT2D eigenvalue weighted by atomic mass is 32.2. The molecule has 1 aliphatic carbocycles. The van der Waals surface area contributed by atoms with Crippen molar-refractivity contribution in [2.24, 2.45) is 0 Å². The number of sulfonamides is 1. The largest absolute Gasteiger partial charge is 0.493 e. The Morgan fingerprint density at radius 3 is 2.27 bits per heavy atom. The third-order valence-corrected chi connectivity index (χ3v) is 8.40. The van der Waals surface area contributed by atoms with E-state index in [1.807, 2.05) is 44.2 Å². The molecule has 1 fully saturated rings. The SMILES string of the molecule is COc1ccc(CCN(Cc2ccc(C)o2)C(=O)CN(C2CC2)S(=O)(=O)c2ccc(C)cc2)cc1OC. The van der Waals surface area contributed by atoms with Gasteiger partial charge in [-0.25, -0.2) is 8.42 Å². The van der Waals surface area contributed by atoms with E-state index in [0.29, 0.717) is 30.2 Å². The van der Waals surface area contributed by atoms with Crippen molar-refractivity contribution in [3.63, 3.8) is 0 Å². The Hall–Kier alpha value is -3.30. The second-order valence-corrected chi connectivity index (χ2v) is 11.3. The lowest BCUT2D eigenvalue weighted by Gasteiger charge is -2.27. The first kappa shape index (κ1) is 26.8. The molecule has 8 nitrogen and oxygen atoms in total. The van der Waals surface area contributed by atoms with Gasteiger partial charge in [0.05, 0.1) is 32.2 Å². The van der Waals surface area contributed by atoms with Gasteiger partial charge < -0.3 is 18.8 Å². The molecular weight excluding hydrogens is 492 g/mol. The molecule has 0 unspecified atom stereocenters. The van der Waals surface area contributed by atoms with E-state index in [4.69, 9.17) is 13.9 Å². The van der Waals surface area contributed by atoms with Crippen molar-refractivity contribution in [2.45, 2.75) is 50.6 Å². The van der Waals surface area contributed by atoms with Crippen molar-refractivity contribution in [1.82, 2.24) is 9.21 Å². The van der Waals surface area contributed by atoms with Crippen LogP contribution in [0.1, 0.15) is 35.5 Å². The summed E-state index contributed by atoms with van der Waals surface area (Å²) in [6, 6.07) is 15.9. The lowest BCUT2D eigenvalue weighted by atomic mass is 10.1. The predicted octanol–water partition coefficient (Wildman–Crippen LogP) is 4.34. The van der Waals surface area contributed by atoms with E-state index in [-0.39, 0.29) is 29.9 Å². The van der Waals surface area contributed by atoms with Gasteiger partial charge in [0, 0.05) is 12.6 Å². The van der Waals surface area contributed by atoms with Gasteiger partial charge in [-0.15, -0.1) is 0 Å². The number of hydrogen-bond donors (Lipinski definition) is 0. The second-order valence-electron chi connectivity index (χ2n) is 9.36. The lowest BCUT2D eigenvalue weighted by molar-refractivity contribution is -0.132. The Balaban J connectivity index is 1.54. The van der Waals surface area contributed by atoms with Gasteiger partial charge in [0.15, 0.2) is 11.5 Å². The van der Waals surface area contributed by atoms with E-state index in [9.17, 15) is 13.2 Å². The van der Waals surface area contributed by atoms with E-state index in [2.05, 4.69) is 0 Å². The van der Waals surface area contributed by atoms with Gasteiger partial charge in [0.1, 0.15) is 11.5 Å². The standard InChI is InChI=1S/C28H34N2O6S/c1-20-5-12-25(13-6-20)37(32,33)30(23-9-10-23)19-28(31)29(18-24-11-7-21(2)36-24)16-15-22-8-14-26(34-3)27(17-22)35-4/h5-8,11-14,17,23H,9-10,15-16,18-19H2,1-4H3. The molecule has 0 bridgehead atoms. The van der Waals surface area contributed by atoms with Crippen LogP contribution in [0.4, 0.5) is 0 Å². The Kier molecular flexibility index (Phi) is 8.24. The third-order valence-electron chi connectivity index (χ3n) is 6.49. The quantitative estimate of drug-likeness (QED) is 0.349. The zero-order chi connectivity index (χ0) is 26.6. The molecular formula is C28H34N2O6S. The van der Waals surface area contributed by atoms with Crippen molar-refractivity contribution in [3.05, 3.63) is 77.2 Å². The zero-order valence-corrected chi connectivity index (χ0v) is 22.6. The topological polar surface area (TPSA) is 89.3 Å². The fourth-order valence-corrected chi connectivity index (χ4v) is 5.84. The number of amides is 1. The van der Waals surface area contributed by atoms with Gasteiger partial charge in [0.25, 0.3) is 0 Å². The van der Waals surface area contributed by atoms with E-state index < -0.39 is 10.0 Å². The summed E-state index contributed by atoms with van der Waals surface area (Å²) >= 11 is 0. The normalized spacial score (nSPS) is 13.5. The van der Waals surface area contributed by atoms with Gasteiger partial charge in [-0.05, 0) is 75.1 Å². The fourth-order valence-electron chi connectivity index (χ4n) is 4.20. The third kappa shape index (κ3) is 6.53. The summed E-state index contributed by atoms with van der Waals surface area (Å²) in [5.41, 5.74) is 1.94. The van der Waals surface area contributed by atoms with E-state index >= 15 is 0 Å². The molecule has 0 aliphatic heterocycles. The van der Waals surface area contributed by atoms with E-state index in [0.717, 1.165) is 29.7 Å². The molecule has 1 aliphatic rings. The molecule has 1 heterocycles. The van der Waals surface area contributed by atoms with Crippen molar-refractivity contribution in [3.8, 4) is 11.5 Å². The first-order valence-electron chi connectivity index (χ1n) is 12.3. The minimum atomic E-state index is -3.80. The molecule has 0 atom stereocenters. The number of furan rings is 1. The molecule has 37 heavy (non-hydrogen) atoms. The van der Waals surface area contributed by atoms with Gasteiger partial charge in [0.2, 0.25) is 15.9 Å². The first-order chi connectivity index (χ1) is 17.7. The first-order valence-corrected chi connectivity index (χ1v) is 13.8. The van der Waals surface area contributed by atoms with Crippen LogP contribution in [0.25, 0.3) is 0 Å². The molecule has 198 valence electrons. The van der Waals surface area contributed by atoms with Crippen molar-refractivity contribution < 1.29 is 27.1 Å². The average molecular weight is 527 g/mol. The number of nitrogens with zero attached hydrogens (tertiary/aromatic N) is 2. The lowest BCUT2D eigenvalue weighted by Crippen LogP contribution is -2.44. The van der Waals surface area contributed by atoms with Crippen LogP contribution in [-0.2, 0) is 27.8 Å². The number of benzene rings is 2. The summed E-state index contributed by atoms with van der Waals surface area (Å²) in [6.07, 6.45) is 2.06. The number of ether oxygens (including phenoxy) is 2.